The van der Waals surface area contributed by atoms with Gasteiger partial charge in [0.25, 0.3) is 5.91 Å². The van der Waals surface area contributed by atoms with Gasteiger partial charge in [0.05, 0.1) is 6.10 Å². The van der Waals surface area contributed by atoms with Crippen LogP contribution in [0.1, 0.15) is 34.9 Å². The molecule has 1 saturated heterocycles. The van der Waals surface area contributed by atoms with Crippen LogP contribution in [0.3, 0.4) is 0 Å². The molecule has 2 aromatic carbocycles. The lowest BCUT2D eigenvalue weighted by molar-refractivity contribution is 0.0462. The molecule has 3 rings (SSSR count). The van der Waals surface area contributed by atoms with Crippen LogP contribution in [0.5, 0.6) is 0 Å². The molecule has 1 heterocycles. The van der Waals surface area contributed by atoms with Crippen LogP contribution in [0.4, 0.5) is 4.39 Å². The Kier molecular flexibility index (Phi) is 5.17. The lowest BCUT2D eigenvalue weighted by Gasteiger charge is -2.34. The van der Waals surface area contributed by atoms with Gasteiger partial charge in [-0.2, -0.15) is 0 Å². The van der Waals surface area contributed by atoms with Gasteiger partial charge in [0.15, 0.2) is 0 Å². The highest BCUT2D eigenvalue weighted by Crippen LogP contribution is 2.31. The normalized spacial score (nSPS) is 16.9. The van der Waals surface area contributed by atoms with Crippen molar-refractivity contribution in [3.63, 3.8) is 0 Å². The summed E-state index contributed by atoms with van der Waals surface area (Å²) in [6.45, 7) is 1.18. The van der Waals surface area contributed by atoms with Crippen LogP contribution >= 0.6 is 11.6 Å². The summed E-state index contributed by atoms with van der Waals surface area (Å²) in [5, 5.41) is 11.2. The molecule has 0 radical (unpaired) electrons. The first-order valence-electron chi connectivity index (χ1n) is 8.03. The molecule has 24 heavy (non-hydrogen) atoms. The largest absolute Gasteiger partial charge is 0.388 e. The highest BCUT2D eigenvalue weighted by molar-refractivity contribution is 6.30. The van der Waals surface area contributed by atoms with E-state index in [1.165, 1.54) is 24.3 Å². The van der Waals surface area contributed by atoms with E-state index >= 15 is 0 Å². The van der Waals surface area contributed by atoms with E-state index in [0.29, 0.717) is 23.7 Å². The van der Waals surface area contributed by atoms with E-state index in [9.17, 15) is 14.3 Å². The highest BCUT2D eigenvalue weighted by Gasteiger charge is 2.28. The molecule has 0 spiro atoms. The number of halogens is 2. The molecule has 1 aliphatic rings. The fraction of sp³-hybridized carbons (Fsp3) is 0.316. The number of likely N-dealkylation sites (tertiary alicyclic amines) is 1. The zero-order valence-electron chi connectivity index (χ0n) is 13.2. The van der Waals surface area contributed by atoms with Gasteiger partial charge in [-0.25, -0.2) is 4.39 Å². The highest BCUT2D eigenvalue weighted by atomic mass is 35.5. The van der Waals surface area contributed by atoms with E-state index in [4.69, 9.17) is 11.6 Å². The Morgan fingerprint density at radius 3 is 2.25 bits per heavy atom. The van der Waals surface area contributed by atoms with Crippen LogP contribution in [-0.2, 0) is 0 Å². The molecule has 1 aliphatic heterocycles. The van der Waals surface area contributed by atoms with Gasteiger partial charge in [-0.15, -0.1) is 0 Å². The third-order valence-corrected chi connectivity index (χ3v) is 4.83. The fourth-order valence-corrected chi connectivity index (χ4v) is 3.25. The second-order valence-electron chi connectivity index (χ2n) is 6.13. The zero-order valence-corrected chi connectivity index (χ0v) is 13.9. The van der Waals surface area contributed by atoms with Crippen molar-refractivity contribution >= 4 is 17.5 Å². The molecule has 1 fully saturated rings. The maximum Gasteiger partial charge on any atom is 0.253 e. The molecular weight excluding hydrogens is 329 g/mol. The number of hydrogen-bond donors (Lipinski definition) is 1. The molecule has 0 aromatic heterocycles. The van der Waals surface area contributed by atoms with Crippen molar-refractivity contribution in [1.29, 1.82) is 0 Å². The smallest absolute Gasteiger partial charge is 0.253 e. The number of carbonyl (C=O) groups excluding carboxylic acids is 1. The summed E-state index contributed by atoms with van der Waals surface area (Å²) >= 11 is 5.87. The summed E-state index contributed by atoms with van der Waals surface area (Å²) in [5.74, 6) is -0.325. The van der Waals surface area contributed by atoms with Crippen LogP contribution < -0.4 is 0 Å². The Hall–Kier alpha value is -1.91. The summed E-state index contributed by atoms with van der Waals surface area (Å²) in [4.78, 5) is 14.2. The summed E-state index contributed by atoms with van der Waals surface area (Å²) < 4.78 is 13.0. The van der Waals surface area contributed by atoms with Crippen molar-refractivity contribution in [3.8, 4) is 0 Å². The molecule has 0 bridgehead atoms. The number of aliphatic hydroxyl groups excluding tert-OH is 1. The topological polar surface area (TPSA) is 40.5 Å². The maximum atomic E-state index is 13.0. The number of rotatable bonds is 3. The minimum atomic E-state index is -0.551. The minimum Gasteiger partial charge on any atom is -0.388 e. The third kappa shape index (κ3) is 3.77. The molecule has 0 aliphatic carbocycles. The van der Waals surface area contributed by atoms with Gasteiger partial charge in [0.1, 0.15) is 5.82 Å². The van der Waals surface area contributed by atoms with Crippen LogP contribution in [0, 0.1) is 11.7 Å². The standard InChI is InChI=1S/C19H19ClFNO2/c20-16-5-1-13(2-6-16)18(23)14-9-11-22(12-10-14)19(24)15-3-7-17(21)8-4-15/h1-8,14,18,23H,9-12H2. The Balaban J connectivity index is 1.60. The van der Waals surface area contributed by atoms with Crippen LogP contribution in [0.25, 0.3) is 0 Å². The summed E-state index contributed by atoms with van der Waals surface area (Å²) in [6.07, 6.45) is 0.915. The average Bonchev–Trinajstić information content (AvgIpc) is 2.62. The van der Waals surface area contributed by atoms with Gasteiger partial charge in [-0.05, 0) is 60.7 Å². The number of aliphatic hydroxyl groups is 1. The monoisotopic (exact) mass is 347 g/mol. The average molecular weight is 348 g/mol. The Bertz CT molecular complexity index is 694. The third-order valence-electron chi connectivity index (χ3n) is 4.58. The molecule has 5 heteroatoms. The van der Waals surface area contributed by atoms with Crippen LogP contribution in [-0.4, -0.2) is 29.0 Å². The molecule has 126 valence electrons. The van der Waals surface area contributed by atoms with Crippen molar-refractivity contribution in [2.75, 3.05) is 13.1 Å². The first-order valence-corrected chi connectivity index (χ1v) is 8.41. The predicted octanol–water partition coefficient (Wildman–Crippen LogP) is 4.06. The number of nitrogens with zero attached hydrogens (tertiary/aromatic N) is 1. The molecule has 1 atom stereocenters. The van der Waals surface area contributed by atoms with Crippen LogP contribution in [0.15, 0.2) is 48.5 Å². The lowest BCUT2D eigenvalue weighted by atomic mass is 9.87. The van der Waals surface area contributed by atoms with Crippen molar-refractivity contribution in [1.82, 2.24) is 4.90 Å². The maximum absolute atomic E-state index is 13.0. The number of piperidine rings is 1. The molecule has 1 amide bonds. The summed E-state index contributed by atoms with van der Waals surface area (Å²) in [7, 11) is 0. The number of benzene rings is 2. The van der Waals surface area contributed by atoms with Crippen molar-refractivity contribution in [2.45, 2.75) is 18.9 Å². The Morgan fingerprint density at radius 2 is 1.67 bits per heavy atom. The SMILES string of the molecule is O=C(c1ccc(F)cc1)N1CCC(C(O)c2ccc(Cl)cc2)CC1. The zero-order chi connectivity index (χ0) is 17.1. The number of carbonyl (C=O) groups is 1. The molecule has 0 saturated carbocycles. The van der Waals surface area contributed by atoms with Gasteiger partial charge in [0, 0.05) is 23.7 Å². The van der Waals surface area contributed by atoms with Gasteiger partial charge in [-0.3, -0.25) is 4.79 Å². The van der Waals surface area contributed by atoms with Crippen LogP contribution in [0.2, 0.25) is 5.02 Å². The summed E-state index contributed by atoms with van der Waals surface area (Å²) in [6, 6.07) is 12.8. The van der Waals surface area contributed by atoms with E-state index in [1.54, 1.807) is 17.0 Å². The van der Waals surface area contributed by atoms with E-state index in [0.717, 1.165) is 18.4 Å². The fourth-order valence-electron chi connectivity index (χ4n) is 3.13. The minimum absolute atomic E-state index is 0.0885. The lowest BCUT2D eigenvalue weighted by Crippen LogP contribution is -2.39. The van der Waals surface area contributed by atoms with Gasteiger partial charge in [-0.1, -0.05) is 23.7 Å². The Morgan fingerprint density at radius 1 is 1.08 bits per heavy atom. The van der Waals surface area contributed by atoms with Crippen molar-refractivity contribution in [3.05, 3.63) is 70.5 Å². The first-order chi connectivity index (χ1) is 11.5. The van der Waals surface area contributed by atoms with E-state index < -0.39 is 6.10 Å². The number of hydrogen-bond acceptors (Lipinski definition) is 2. The molecule has 3 nitrogen and oxygen atoms in total. The van der Waals surface area contributed by atoms with Gasteiger partial charge < -0.3 is 10.0 Å². The second kappa shape index (κ2) is 7.32. The van der Waals surface area contributed by atoms with Gasteiger partial charge in [0.2, 0.25) is 0 Å². The van der Waals surface area contributed by atoms with Crippen molar-refractivity contribution in [2.24, 2.45) is 5.92 Å². The predicted molar refractivity (Wildman–Crippen MR) is 91.4 cm³/mol. The first kappa shape index (κ1) is 16.9. The molecule has 2 aromatic rings. The Labute approximate surface area is 145 Å². The van der Waals surface area contributed by atoms with E-state index in [-0.39, 0.29) is 17.6 Å². The quantitative estimate of drug-likeness (QED) is 0.909. The van der Waals surface area contributed by atoms with Gasteiger partial charge >= 0.3 is 0 Å². The summed E-state index contributed by atoms with van der Waals surface area (Å²) in [5.41, 5.74) is 1.34. The van der Waals surface area contributed by atoms with E-state index in [1.807, 2.05) is 12.1 Å². The molecule has 1 N–H and O–H groups in total. The van der Waals surface area contributed by atoms with E-state index in [2.05, 4.69) is 0 Å². The molecular formula is C19H19ClFNO2. The second-order valence-corrected chi connectivity index (χ2v) is 6.57. The molecule has 1 unspecified atom stereocenters. The number of amides is 1. The van der Waals surface area contributed by atoms with Crippen molar-refractivity contribution < 1.29 is 14.3 Å².